The largest absolute Gasteiger partial charge is 0.378 e. The molecule has 0 saturated carbocycles. The minimum absolute atomic E-state index is 0.0853. The van der Waals surface area contributed by atoms with Gasteiger partial charge in [-0.05, 0) is 19.3 Å². The van der Waals surface area contributed by atoms with E-state index >= 15 is 0 Å². The third-order valence-electron chi connectivity index (χ3n) is 3.23. The molecule has 0 aromatic rings. The first kappa shape index (κ1) is 12.8. The molecule has 2 unspecified atom stereocenters. The monoisotopic (exact) mass is 242 g/mol. The highest BCUT2D eigenvalue weighted by Gasteiger charge is 2.18. The van der Waals surface area contributed by atoms with Crippen molar-refractivity contribution in [2.24, 2.45) is 0 Å². The summed E-state index contributed by atoms with van der Waals surface area (Å²) in [4.78, 5) is 11.7. The first-order valence-electron chi connectivity index (χ1n) is 6.54. The van der Waals surface area contributed by atoms with E-state index in [2.05, 4.69) is 10.6 Å². The molecule has 0 bridgehead atoms. The molecule has 2 saturated heterocycles. The second-order valence-electron chi connectivity index (χ2n) is 4.72. The molecule has 5 heteroatoms. The fourth-order valence-electron chi connectivity index (χ4n) is 2.24. The van der Waals surface area contributed by atoms with Crippen LogP contribution in [0.3, 0.4) is 0 Å². The van der Waals surface area contributed by atoms with E-state index in [9.17, 15) is 4.79 Å². The van der Waals surface area contributed by atoms with Gasteiger partial charge >= 0.3 is 0 Å². The van der Waals surface area contributed by atoms with Gasteiger partial charge in [-0.1, -0.05) is 0 Å². The molecule has 0 aromatic carbocycles. The summed E-state index contributed by atoms with van der Waals surface area (Å²) in [5.74, 6) is 0.0853. The third kappa shape index (κ3) is 4.61. The summed E-state index contributed by atoms with van der Waals surface area (Å²) in [7, 11) is 0. The van der Waals surface area contributed by atoms with Crippen molar-refractivity contribution >= 4 is 5.91 Å². The van der Waals surface area contributed by atoms with Crippen LogP contribution in [-0.2, 0) is 14.3 Å². The molecule has 2 aliphatic rings. The van der Waals surface area contributed by atoms with Gasteiger partial charge in [-0.15, -0.1) is 0 Å². The van der Waals surface area contributed by atoms with Gasteiger partial charge in [-0.3, -0.25) is 4.79 Å². The van der Waals surface area contributed by atoms with Crippen LogP contribution in [0.5, 0.6) is 0 Å². The van der Waals surface area contributed by atoms with Crippen molar-refractivity contribution in [3.63, 3.8) is 0 Å². The molecule has 2 rings (SSSR count). The van der Waals surface area contributed by atoms with Gasteiger partial charge < -0.3 is 20.1 Å². The van der Waals surface area contributed by atoms with E-state index in [0.717, 1.165) is 32.6 Å². The molecule has 0 spiro atoms. The van der Waals surface area contributed by atoms with Crippen molar-refractivity contribution < 1.29 is 14.3 Å². The SMILES string of the molecule is O=C(CC1COCCN1)NCC1CCCCO1. The maximum Gasteiger partial charge on any atom is 0.221 e. The van der Waals surface area contributed by atoms with Gasteiger partial charge in [0.05, 0.1) is 19.3 Å². The average Bonchev–Trinajstić information content (AvgIpc) is 2.39. The van der Waals surface area contributed by atoms with E-state index in [1.165, 1.54) is 6.42 Å². The van der Waals surface area contributed by atoms with Gasteiger partial charge in [0.15, 0.2) is 0 Å². The lowest BCUT2D eigenvalue weighted by Crippen LogP contribution is -2.45. The molecule has 5 nitrogen and oxygen atoms in total. The van der Waals surface area contributed by atoms with Gasteiger partial charge in [-0.2, -0.15) is 0 Å². The van der Waals surface area contributed by atoms with Crippen LogP contribution >= 0.6 is 0 Å². The molecule has 0 aromatic heterocycles. The van der Waals surface area contributed by atoms with Gasteiger partial charge in [-0.25, -0.2) is 0 Å². The second-order valence-corrected chi connectivity index (χ2v) is 4.72. The van der Waals surface area contributed by atoms with Crippen LogP contribution in [0.15, 0.2) is 0 Å². The number of ether oxygens (including phenoxy) is 2. The molecule has 0 radical (unpaired) electrons. The normalized spacial score (nSPS) is 29.9. The Morgan fingerprint density at radius 3 is 3.00 bits per heavy atom. The Labute approximate surface area is 102 Å². The molecule has 17 heavy (non-hydrogen) atoms. The zero-order chi connectivity index (χ0) is 11.9. The minimum Gasteiger partial charge on any atom is -0.378 e. The second kappa shape index (κ2) is 6.93. The van der Waals surface area contributed by atoms with Crippen LogP contribution in [0.25, 0.3) is 0 Å². The highest BCUT2D eigenvalue weighted by atomic mass is 16.5. The molecule has 1 amide bonds. The van der Waals surface area contributed by atoms with Crippen LogP contribution in [0.2, 0.25) is 0 Å². The van der Waals surface area contributed by atoms with Crippen molar-refractivity contribution in [1.29, 1.82) is 0 Å². The number of hydrogen-bond acceptors (Lipinski definition) is 4. The summed E-state index contributed by atoms with van der Waals surface area (Å²) in [6.45, 7) is 3.69. The van der Waals surface area contributed by atoms with Crippen LogP contribution in [0.1, 0.15) is 25.7 Å². The Bertz CT molecular complexity index is 236. The number of carbonyl (C=O) groups is 1. The van der Waals surface area contributed by atoms with Gasteiger partial charge in [0, 0.05) is 32.2 Å². The maximum absolute atomic E-state index is 11.7. The Hall–Kier alpha value is -0.650. The van der Waals surface area contributed by atoms with Crippen molar-refractivity contribution in [3.8, 4) is 0 Å². The van der Waals surface area contributed by atoms with E-state index in [1.807, 2.05) is 0 Å². The molecule has 0 aliphatic carbocycles. The highest BCUT2D eigenvalue weighted by molar-refractivity contribution is 5.76. The van der Waals surface area contributed by atoms with Crippen LogP contribution < -0.4 is 10.6 Å². The number of amides is 1. The lowest BCUT2D eigenvalue weighted by molar-refractivity contribution is -0.123. The van der Waals surface area contributed by atoms with Crippen LogP contribution in [0, 0.1) is 0 Å². The Morgan fingerprint density at radius 2 is 2.29 bits per heavy atom. The summed E-state index contributed by atoms with van der Waals surface area (Å²) in [5, 5.41) is 6.21. The van der Waals surface area contributed by atoms with E-state index in [1.54, 1.807) is 0 Å². The Kier molecular flexibility index (Phi) is 5.22. The summed E-state index contributed by atoms with van der Waals surface area (Å²) < 4.78 is 10.9. The molecule has 2 atom stereocenters. The molecular weight excluding hydrogens is 220 g/mol. The third-order valence-corrected chi connectivity index (χ3v) is 3.23. The lowest BCUT2D eigenvalue weighted by atomic mass is 10.1. The minimum atomic E-state index is 0.0853. The molecule has 2 aliphatic heterocycles. The predicted octanol–water partition coefficient (Wildman–Crippen LogP) is 0.0502. The number of nitrogens with one attached hydrogen (secondary N) is 2. The summed E-state index contributed by atoms with van der Waals surface area (Å²) >= 11 is 0. The van der Waals surface area contributed by atoms with E-state index in [0.29, 0.717) is 19.6 Å². The van der Waals surface area contributed by atoms with Crippen molar-refractivity contribution in [2.75, 3.05) is 32.9 Å². The first-order chi connectivity index (χ1) is 8.34. The fourth-order valence-corrected chi connectivity index (χ4v) is 2.24. The van der Waals surface area contributed by atoms with Crippen molar-refractivity contribution in [3.05, 3.63) is 0 Å². The number of rotatable bonds is 4. The van der Waals surface area contributed by atoms with E-state index in [-0.39, 0.29) is 18.1 Å². The molecular formula is C12H22N2O3. The maximum atomic E-state index is 11.7. The predicted molar refractivity (Wildman–Crippen MR) is 63.8 cm³/mol. The Morgan fingerprint density at radius 1 is 1.35 bits per heavy atom. The molecule has 2 heterocycles. The topological polar surface area (TPSA) is 59.6 Å². The summed E-state index contributed by atoms with van der Waals surface area (Å²) in [6.07, 6.45) is 4.12. The average molecular weight is 242 g/mol. The standard InChI is InChI=1S/C12H22N2O3/c15-12(7-10-9-16-6-4-13-10)14-8-11-3-1-2-5-17-11/h10-11,13H,1-9H2,(H,14,15). The number of hydrogen-bond donors (Lipinski definition) is 2. The van der Waals surface area contributed by atoms with Crippen LogP contribution in [0.4, 0.5) is 0 Å². The number of carbonyl (C=O) groups excluding carboxylic acids is 1. The molecule has 2 N–H and O–H groups in total. The fraction of sp³-hybridized carbons (Fsp3) is 0.917. The zero-order valence-electron chi connectivity index (χ0n) is 10.2. The van der Waals surface area contributed by atoms with Crippen molar-refractivity contribution in [2.45, 2.75) is 37.8 Å². The van der Waals surface area contributed by atoms with E-state index in [4.69, 9.17) is 9.47 Å². The smallest absolute Gasteiger partial charge is 0.221 e. The lowest BCUT2D eigenvalue weighted by Gasteiger charge is -2.25. The van der Waals surface area contributed by atoms with Crippen molar-refractivity contribution in [1.82, 2.24) is 10.6 Å². The van der Waals surface area contributed by atoms with Gasteiger partial charge in [0.1, 0.15) is 0 Å². The summed E-state index contributed by atoms with van der Waals surface area (Å²) in [6, 6.07) is 0.163. The first-order valence-corrected chi connectivity index (χ1v) is 6.54. The van der Waals surface area contributed by atoms with Gasteiger partial charge in [0.25, 0.3) is 0 Å². The highest BCUT2D eigenvalue weighted by Crippen LogP contribution is 2.11. The quantitative estimate of drug-likeness (QED) is 0.731. The summed E-state index contributed by atoms with van der Waals surface area (Å²) in [5.41, 5.74) is 0. The van der Waals surface area contributed by atoms with E-state index < -0.39 is 0 Å². The Balaban J connectivity index is 1.59. The molecule has 98 valence electrons. The van der Waals surface area contributed by atoms with Gasteiger partial charge in [0.2, 0.25) is 5.91 Å². The number of morpholine rings is 1. The zero-order valence-corrected chi connectivity index (χ0v) is 10.2. The van der Waals surface area contributed by atoms with Crippen LogP contribution in [-0.4, -0.2) is 51.0 Å². The molecule has 2 fully saturated rings.